The number of rotatable bonds is 7. The van der Waals surface area contributed by atoms with E-state index in [9.17, 15) is 14.7 Å². The summed E-state index contributed by atoms with van der Waals surface area (Å²) in [6.07, 6.45) is 2.16. The van der Waals surface area contributed by atoms with Crippen LogP contribution in [0.15, 0.2) is 54.6 Å². The van der Waals surface area contributed by atoms with E-state index in [1.54, 1.807) is 21.9 Å². The highest BCUT2D eigenvalue weighted by molar-refractivity contribution is 5.89. The number of hydrogen-bond donors (Lipinski definition) is 1. The number of aromatic hydroxyl groups is 1. The maximum Gasteiger partial charge on any atom is 0.228 e. The molecule has 0 bridgehead atoms. The van der Waals surface area contributed by atoms with Crippen molar-refractivity contribution in [2.24, 2.45) is 5.92 Å². The summed E-state index contributed by atoms with van der Waals surface area (Å²) in [5.74, 6) is -0.223. The first-order valence-electron chi connectivity index (χ1n) is 10.6. The average molecular weight is 408 g/mol. The van der Waals surface area contributed by atoms with E-state index in [0.717, 1.165) is 25.0 Å². The smallest absolute Gasteiger partial charge is 0.228 e. The Hall–Kier alpha value is -2.86. The second kappa shape index (κ2) is 9.30. The predicted octanol–water partition coefficient (Wildman–Crippen LogP) is 2.95. The summed E-state index contributed by atoms with van der Waals surface area (Å²) in [4.78, 5) is 29.5. The molecule has 0 aromatic heterocycles. The van der Waals surface area contributed by atoms with E-state index in [4.69, 9.17) is 4.74 Å². The Morgan fingerprint density at radius 2 is 1.90 bits per heavy atom. The van der Waals surface area contributed by atoms with Crippen molar-refractivity contribution in [2.75, 3.05) is 19.7 Å². The van der Waals surface area contributed by atoms with Crippen molar-refractivity contribution in [3.05, 3.63) is 65.7 Å². The molecule has 2 fully saturated rings. The maximum absolute atomic E-state index is 13.4. The van der Waals surface area contributed by atoms with Crippen LogP contribution in [0.2, 0.25) is 0 Å². The van der Waals surface area contributed by atoms with Crippen molar-refractivity contribution in [2.45, 2.75) is 38.5 Å². The van der Waals surface area contributed by atoms with E-state index in [1.807, 2.05) is 42.5 Å². The third-order valence-corrected chi connectivity index (χ3v) is 5.89. The van der Waals surface area contributed by atoms with E-state index in [-0.39, 0.29) is 36.0 Å². The molecule has 6 nitrogen and oxygen atoms in total. The Balaban J connectivity index is 1.46. The molecule has 2 saturated heterocycles. The van der Waals surface area contributed by atoms with Gasteiger partial charge in [-0.05, 0) is 24.5 Å². The molecule has 4 rings (SSSR count). The molecule has 1 N–H and O–H groups in total. The number of phenols is 1. The lowest BCUT2D eigenvalue weighted by Crippen LogP contribution is -2.41. The maximum atomic E-state index is 13.4. The highest BCUT2D eigenvalue weighted by atomic mass is 16.5. The fraction of sp³-hybridized carbons (Fsp3) is 0.417. The van der Waals surface area contributed by atoms with Crippen LogP contribution in [0.25, 0.3) is 0 Å². The molecule has 2 aliphatic heterocycles. The molecular weight excluding hydrogens is 380 g/mol. The Kier molecular flexibility index (Phi) is 6.33. The van der Waals surface area contributed by atoms with Crippen molar-refractivity contribution >= 4 is 11.8 Å². The number of ether oxygens (including phenoxy) is 1. The van der Waals surface area contributed by atoms with Gasteiger partial charge in [0, 0.05) is 44.8 Å². The summed E-state index contributed by atoms with van der Waals surface area (Å²) in [7, 11) is 0. The molecule has 6 heteroatoms. The number of carbonyl (C=O) groups excluding carboxylic acids is 2. The van der Waals surface area contributed by atoms with E-state index < -0.39 is 0 Å². The molecule has 2 heterocycles. The Morgan fingerprint density at radius 1 is 1.13 bits per heavy atom. The number of likely N-dealkylation sites (tertiary alicyclic amines) is 1. The summed E-state index contributed by atoms with van der Waals surface area (Å²) in [6, 6.07) is 16.9. The first-order chi connectivity index (χ1) is 14.6. The van der Waals surface area contributed by atoms with Crippen molar-refractivity contribution in [3.63, 3.8) is 0 Å². The van der Waals surface area contributed by atoms with Gasteiger partial charge >= 0.3 is 0 Å². The lowest BCUT2D eigenvalue weighted by Gasteiger charge is -2.28. The third kappa shape index (κ3) is 4.82. The summed E-state index contributed by atoms with van der Waals surface area (Å²) in [6.45, 7) is 2.46. The van der Waals surface area contributed by atoms with Gasteiger partial charge < -0.3 is 19.6 Å². The van der Waals surface area contributed by atoms with Gasteiger partial charge in [-0.2, -0.15) is 0 Å². The molecule has 2 aromatic rings. The molecule has 2 atom stereocenters. The Bertz CT molecular complexity index is 880. The molecule has 158 valence electrons. The van der Waals surface area contributed by atoms with Crippen LogP contribution < -0.4 is 0 Å². The second-order valence-corrected chi connectivity index (χ2v) is 8.14. The number of hydrogen-bond acceptors (Lipinski definition) is 4. The summed E-state index contributed by atoms with van der Waals surface area (Å²) >= 11 is 0. The molecule has 0 aliphatic carbocycles. The zero-order chi connectivity index (χ0) is 20.9. The lowest BCUT2D eigenvalue weighted by atomic mass is 10.1. The zero-order valence-electron chi connectivity index (χ0n) is 17.1. The Labute approximate surface area is 177 Å². The number of carbonyl (C=O) groups is 2. The SMILES string of the molecule is O=C1CC(C(=O)N(Cc2ccccc2O)CC2CCCO2)CN1Cc1ccccc1. The van der Waals surface area contributed by atoms with Gasteiger partial charge in [0.25, 0.3) is 0 Å². The van der Waals surface area contributed by atoms with Gasteiger partial charge in [-0.25, -0.2) is 0 Å². The van der Waals surface area contributed by atoms with E-state index in [2.05, 4.69) is 0 Å². The number of phenolic OH excluding ortho intramolecular Hbond substituents is 1. The van der Waals surface area contributed by atoms with Gasteiger partial charge in [-0.3, -0.25) is 9.59 Å². The standard InChI is InChI=1S/C24H28N2O4/c27-22-11-5-4-9-19(22)15-26(17-21-10-6-12-30-21)24(29)20-13-23(28)25(16-20)14-18-7-2-1-3-8-18/h1-5,7-9,11,20-21,27H,6,10,12-17H2. The fourth-order valence-corrected chi connectivity index (χ4v) is 4.27. The third-order valence-electron chi connectivity index (χ3n) is 5.89. The van der Waals surface area contributed by atoms with Crippen LogP contribution in [0.5, 0.6) is 5.75 Å². The first kappa shape index (κ1) is 20.4. The van der Waals surface area contributed by atoms with Gasteiger partial charge in [-0.1, -0.05) is 48.5 Å². The number of nitrogens with zero attached hydrogens (tertiary/aromatic N) is 2. The molecule has 2 aromatic carbocycles. The minimum absolute atomic E-state index is 0.0110. The molecule has 30 heavy (non-hydrogen) atoms. The van der Waals surface area contributed by atoms with Crippen LogP contribution in [0, 0.1) is 5.92 Å². The van der Waals surface area contributed by atoms with Crippen LogP contribution in [-0.2, 0) is 27.4 Å². The molecule has 0 saturated carbocycles. The molecular formula is C24H28N2O4. The second-order valence-electron chi connectivity index (χ2n) is 8.14. The number of amides is 2. The van der Waals surface area contributed by atoms with Gasteiger partial charge in [0.1, 0.15) is 5.75 Å². The number of para-hydroxylation sites is 1. The minimum atomic E-state index is -0.367. The number of benzene rings is 2. The molecule has 0 radical (unpaired) electrons. The summed E-state index contributed by atoms with van der Waals surface area (Å²) in [5, 5.41) is 10.2. The van der Waals surface area contributed by atoms with E-state index in [1.165, 1.54) is 0 Å². The van der Waals surface area contributed by atoms with E-state index >= 15 is 0 Å². The summed E-state index contributed by atoms with van der Waals surface area (Å²) < 4.78 is 5.75. The lowest BCUT2D eigenvalue weighted by molar-refractivity contribution is -0.138. The van der Waals surface area contributed by atoms with Crippen LogP contribution >= 0.6 is 0 Å². The fourth-order valence-electron chi connectivity index (χ4n) is 4.27. The molecule has 2 amide bonds. The summed E-state index contributed by atoms with van der Waals surface area (Å²) in [5.41, 5.74) is 1.76. The van der Waals surface area contributed by atoms with Gasteiger partial charge in [0.05, 0.1) is 12.0 Å². The Morgan fingerprint density at radius 3 is 2.63 bits per heavy atom. The molecule has 0 spiro atoms. The highest BCUT2D eigenvalue weighted by Crippen LogP contribution is 2.26. The van der Waals surface area contributed by atoms with Crippen molar-refractivity contribution in [3.8, 4) is 5.75 Å². The van der Waals surface area contributed by atoms with Gasteiger partial charge in [-0.15, -0.1) is 0 Å². The predicted molar refractivity (Wildman–Crippen MR) is 112 cm³/mol. The zero-order valence-corrected chi connectivity index (χ0v) is 17.1. The monoisotopic (exact) mass is 408 g/mol. The van der Waals surface area contributed by atoms with Gasteiger partial charge in [0.15, 0.2) is 0 Å². The van der Waals surface area contributed by atoms with Crippen LogP contribution in [0.1, 0.15) is 30.4 Å². The van der Waals surface area contributed by atoms with Crippen LogP contribution in [0.4, 0.5) is 0 Å². The normalized spacial score (nSPS) is 21.2. The van der Waals surface area contributed by atoms with Crippen LogP contribution in [0.3, 0.4) is 0 Å². The first-order valence-corrected chi connectivity index (χ1v) is 10.6. The minimum Gasteiger partial charge on any atom is -0.508 e. The van der Waals surface area contributed by atoms with Crippen molar-refractivity contribution in [1.82, 2.24) is 9.80 Å². The highest BCUT2D eigenvalue weighted by Gasteiger charge is 2.37. The molecule has 2 aliphatic rings. The van der Waals surface area contributed by atoms with E-state index in [0.29, 0.717) is 31.7 Å². The van der Waals surface area contributed by atoms with Crippen LogP contribution in [-0.4, -0.2) is 52.5 Å². The topological polar surface area (TPSA) is 70.1 Å². The largest absolute Gasteiger partial charge is 0.508 e. The average Bonchev–Trinajstić information content (AvgIpc) is 3.39. The van der Waals surface area contributed by atoms with Crippen molar-refractivity contribution in [1.29, 1.82) is 0 Å². The van der Waals surface area contributed by atoms with Gasteiger partial charge in [0.2, 0.25) is 11.8 Å². The quantitative estimate of drug-likeness (QED) is 0.765. The van der Waals surface area contributed by atoms with Crippen molar-refractivity contribution < 1.29 is 19.4 Å². The molecule has 2 unspecified atom stereocenters.